The first kappa shape index (κ1) is 12.2. The molecule has 92 valence electrons. The van der Waals surface area contributed by atoms with Crippen molar-refractivity contribution in [2.45, 2.75) is 26.8 Å². The van der Waals surface area contributed by atoms with Gasteiger partial charge in [0.25, 0.3) is 0 Å². The summed E-state index contributed by atoms with van der Waals surface area (Å²) in [5, 5.41) is 0. The first-order chi connectivity index (χ1) is 8.22. The van der Waals surface area contributed by atoms with Crippen molar-refractivity contribution in [1.29, 1.82) is 0 Å². The van der Waals surface area contributed by atoms with Gasteiger partial charge < -0.3 is 5.73 Å². The molecule has 2 N–H and O–H groups in total. The molecule has 0 saturated heterocycles. The van der Waals surface area contributed by atoms with E-state index in [4.69, 9.17) is 5.73 Å². The Bertz CT molecular complexity index is 506. The maximum Gasteiger partial charge on any atom is 0.202 e. The Morgan fingerprint density at radius 3 is 2.94 bits per heavy atom. The van der Waals surface area contributed by atoms with E-state index in [0.717, 1.165) is 41.3 Å². The highest BCUT2D eigenvalue weighted by Crippen LogP contribution is 2.17. The minimum Gasteiger partial charge on any atom is -0.369 e. The summed E-state index contributed by atoms with van der Waals surface area (Å²) in [5.74, 6) is 2.89. The van der Waals surface area contributed by atoms with Crippen molar-refractivity contribution in [3.05, 3.63) is 17.8 Å². The van der Waals surface area contributed by atoms with E-state index in [2.05, 4.69) is 16.9 Å². The largest absolute Gasteiger partial charge is 0.369 e. The molecular formula is C12H18N4S. The Labute approximate surface area is 106 Å². The molecule has 0 aliphatic heterocycles. The van der Waals surface area contributed by atoms with Gasteiger partial charge in [-0.2, -0.15) is 11.8 Å². The van der Waals surface area contributed by atoms with Crippen LogP contribution in [-0.2, 0) is 6.54 Å². The summed E-state index contributed by atoms with van der Waals surface area (Å²) in [6.45, 7) is 5.06. The molecule has 2 rings (SSSR count). The van der Waals surface area contributed by atoms with Gasteiger partial charge in [0.15, 0.2) is 5.65 Å². The quantitative estimate of drug-likeness (QED) is 0.828. The number of fused-ring (bicyclic) bond motifs is 1. The predicted molar refractivity (Wildman–Crippen MR) is 74.3 cm³/mol. The second-order valence-electron chi connectivity index (χ2n) is 3.97. The van der Waals surface area contributed by atoms with Crippen LogP contribution < -0.4 is 5.73 Å². The number of hydrogen-bond donors (Lipinski definition) is 1. The Morgan fingerprint density at radius 2 is 2.18 bits per heavy atom. The molecule has 0 unspecified atom stereocenters. The number of nitrogens with two attached hydrogens (primary N) is 1. The maximum absolute atomic E-state index is 5.92. The Kier molecular flexibility index (Phi) is 3.89. The van der Waals surface area contributed by atoms with E-state index in [1.807, 2.05) is 35.4 Å². The minimum atomic E-state index is 0.569. The van der Waals surface area contributed by atoms with Crippen LogP contribution in [0.3, 0.4) is 0 Å². The number of anilines is 1. The average Bonchev–Trinajstić information content (AvgIpc) is 2.61. The zero-order chi connectivity index (χ0) is 12.3. The van der Waals surface area contributed by atoms with Gasteiger partial charge in [-0.05, 0) is 37.0 Å². The van der Waals surface area contributed by atoms with Crippen molar-refractivity contribution in [2.24, 2.45) is 0 Å². The Balaban J connectivity index is 2.20. The number of pyridine rings is 1. The van der Waals surface area contributed by atoms with Crippen molar-refractivity contribution < 1.29 is 0 Å². The summed E-state index contributed by atoms with van der Waals surface area (Å²) in [5.41, 5.74) is 8.72. The third-order valence-corrected chi connectivity index (χ3v) is 3.62. The summed E-state index contributed by atoms with van der Waals surface area (Å²) < 4.78 is 2.01. The summed E-state index contributed by atoms with van der Waals surface area (Å²) >= 11 is 1.95. The summed E-state index contributed by atoms with van der Waals surface area (Å²) in [6, 6.07) is 3.94. The number of nitrogens with zero attached hydrogens (tertiary/aromatic N) is 3. The van der Waals surface area contributed by atoms with Crippen LogP contribution in [-0.4, -0.2) is 26.0 Å². The standard InChI is InChI=1S/C12H18N4S/c1-3-17-8-4-7-16-11-10(15-12(16)13)6-5-9(2)14-11/h5-6H,3-4,7-8H2,1-2H3,(H2,13,15). The summed E-state index contributed by atoms with van der Waals surface area (Å²) in [6.07, 6.45) is 1.10. The van der Waals surface area contributed by atoms with Crippen molar-refractivity contribution in [3.8, 4) is 0 Å². The third-order valence-electron chi connectivity index (χ3n) is 2.64. The number of aromatic nitrogens is 3. The molecule has 0 atom stereocenters. The van der Waals surface area contributed by atoms with E-state index in [1.54, 1.807) is 0 Å². The van der Waals surface area contributed by atoms with E-state index in [9.17, 15) is 0 Å². The highest BCUT2D eigenvalue weighted by atomic mass is 32.2. The van der Waals surface area contributed by atoms with E-state index in [0.29, 0.717) is 5.95 Å². The van der Waals surface area contributed by atoms with Gasteiger partial charge in [0, 0.05) is 12.2 Å². The highest BCUT2D eigenvalue weighted by Gasteiger charge is 2.08. The Hall–Kier alpha value is -1.23. The number of hydrogen-bond acceptors (Lipinski definition) is 4. The zero-order valence-corrected chi connectivity index (χ0v) is 11.1. The van der Waals surface area contributed by atoms with Crippen molar-refractivity contribution in [3.63, 3.8) is 0 Å². The fourth-order valence-electron chi connectivity index (χ4n) is 1.80. The zero-order valence-electron chi connectivity index (χ0n) is 10.3. The summed E-state index contributed by atoms with van der Waals surface area (Å²) in [7, 11) is 0. The van der Waals surface area contributed by atoms with Gasteiger partial charge >= 0.3 is 0 Å². The molecule has 0 aliphatic rings. The molecule has 0 fully saturated rings. The SMILES string of the molecule is CCSCCCn1c(N)nc2ccc(C)nc21. The van der Waals surface area contributed by atoms with Gasteiger partial charge in [-0.15, -0.1) is 0 Å². The second-order valence-corrected chi connectivity index (χ2v) is 5.36. The van der Waals surface area contributed by atoms with E-state index < -0.39 is 0 Å². The van der Waals surface area contributed by atoms with Crippen LogP contribution in [0.5, 0.6) is 0 Å². The molecule has 0 amide bonds. The number of nitrogen functional groups attached to an aromatic ring is 1. The number of imidazole rings is 1. The molecule has 0 saturated carbocycles. The smallest absolute Gasteiger partial charge is 0.202 e. The van der Waals surface area contributed by atoms with Crippen molar-refractivity contribution in [2.75, 3.05) is 17.2 Å². The van der Waals surface area contributed by atoms with Gasteiger partial charge in [-0.25, -0.2) is 9.97 Å². The molecule has 0 aliphatic carbocycles. The lowest BCUT2D eigenvalue weighted by atomic mass is 10.3. The second kappa shape index (κ2) is 5.40. The van der Waals surface area contributed by atoms with Crippen LogP contribution >= 0.6 is 11.8 Å². The fourth-order valence-corrected chi connectivity index (χ4v) is 2.43. The molecule has 2 heterocycles. The normalized spacial score (nSPS) is 11.2. The van der Waals surface area contributed by atoms with Gasteiger partial charge in [-0.3, -0.25) is 4.57 Å². The molecule has 0 spiro atoms. The Morgan fingerprint density at radius 1 is 1.35 bits per heavy atom. The van der Waals surface area contributed by atoms with E-state index >= 15 is 0 Å². The molecule has 4 nitrogen and oxygen atoms in total. The van der Waals surface area contributed by atoms with Crippen LogP contribution in [0.1, 0.15) is 19.0 Å². The third kappa shape index (κ3) is 2.72. The van der Waals surface area contributed by atoms with Gasteiger partial charge in [0.1, 0.15) is 5.52 Å². The van der Waals surface area contributed by atoms with Crippen LogP contribution in [0.15, 0.2) is 12.1 Å². The highest BCUT2D eigenvalue weighted by molar-refractivity contribution is 7.99. The lowest BCUT2D eigenvalue weighted by Gasteiger charge is -2.05. The van der Waals surface area contributed by atoms with E-state index in [1.165, 1.54) is 0 Å². The van der Waals surface area contributed by atoms with Crippen LogP contribution in [0, 0.1) is 6.92 Å². The first-order valence-corrected chi connectivity index (χ1v) is 7.05. The van der Waals surface area contributed by atoms with Crippen LogP contribution in [0.4, 0.5) is 5.95 Å². The van der Waals surface area contributed by atoms with Crippen molar-refractivity contribution >= 4 is 28.9 Å². The molecule has 2 aromatic rings. The summed E-state index contributed by atoms with van der Waals surface area (Å²) in [4.78, 5) is 8.83. The molecular weight excluding hydrogens is 232 g/mol. The number of thioether (sulfide) groups is 1. The lowest BCUT2D eigenvalue weighted by molar-refractivity contribution is 0.706. The lowest BCUT2D eigenvalue weighted by Crippen LogP contribution is -2.05. The first-order valence-electron chi connectivity index (χ1n) is 5.89. The van der Waals surface area contributed by atoms with Gasteiger partial charge in [0.2, 0.25) is 5.95 Å². The maximum atomic E-state index is 5.92. The predicted octanol–water partition coefficient (Wildman–Crippen LogP) is 2.47. The van der Waals surface area contributed by atoms with Crippen LogP contribution in [0.25, 0.3) is 11.2 Å². The monoisotopic (exact) mass is 250 g/mol. The molecule has 0 radical (unpaired) electrons. The van der Waals surface area contributed by atoms with Crippen LogP contribution in [0.2, 0.25) is 0 Å². The molecule has 5 heteroatoms. The van der Waals surface area contributed by atoms with Crippen molar-refractivity contribution in [1.82, 2.24) is 14.5 Å². The van der Waals surface area contributed by atoms with Gasteiger partial charge in [0.05, 0.1) is 0 Å². The molecule has 2 aromatic heterocycles. The molecule has 0 aromatic carbocycles. The number of rotatable bonds is 5. The van der Waals surface area contributed by atoms with E-state index in [-0.39, 0.29) is 0 Å². The fraction of sp³-hybridized carbons (Fsp3) is 0.500. The number of aryl methyl sites for hydroxylation is 2. The molecule has 0 bridgehead atoms. The topological polar surface area (TPSA) is 56.7 Å². The minimum absolute atomic E-state index is 0.569. The molecule has 17 heavy (non-hydrogen) atoms. The van der Waals surface area contributed by atoms with Gasteiger partial charge in [-0.1, -0.05) is 6.92 Å². The average molecular weight is 250 g/mol.